The summed E-state index contributed by atoms with van der Waals surface area (Å²) >= 11 is 0. The minimum absolute atomic E-state index is 0.869. The SMILES string of the molecule is CCc1ccc(-c2ccc(C#CC3=CCC(CC)CC3)cc2)cc1. The molecule has 2 aromatic rings. The molecule has 1 aliphatic carbocycles. The maximum absolute atomic E-state index is 3.37. The summed E-state index contributed by atoms with van der Waals surface area (Å²) in [5, 5.41) is 0. The summed E-state index contributed by atoms with van der Waals surface area (Å²) in [7, 11) is 0. The van der Waals surface area contributed by atoms with Gasteiger partial charge in [-0.15, -0.1) is 0 Å². The van der Waals surface area contributed by atoms with Crippen LogP contribution in [0.4, 0.5) is 0 Å². The van der Waals surface area contributed by atoms with Crippen LogP contribution in [-0.4, -0.2) is 0 Å². The topological polar surface area (TPSA) is 0 Å². The van der Waals surface area contributed by atoms with Crippen molar-refractivity contribution in [1.29, 1.82) is 0 Å². The quantitative estimate of drug-likeness (QED) is 0.575. The van der Waals surface area contributed by atoms with Gasteiger partial charge >= 0.3 is 0 Å². The molecule has 1 unspecified atom stereocenters. The lowest BCUT2D eigenvalue weighted by atomic mass is 9.88. The first-order chi connectivity index (χ1) is 11.8. The normalized spacial score (nSPS) is 16.9. The molecule has 0 heteroatoms. The van der Waals surface area contributed by atoms with E-state index in [0.29, 0.717) is 0 Å². The Labute approximate surface area is 146 Å². The van der Waals surface area contributed by atoms with Crippen LogP contribution in [0.2, 0.25) is 0 Å². The highest BCUT2D eigenvalue weighted by molar-refractivity contribution is 5.64. The molecule has 24 heavy (non-hydrogen) atoms. The summed E-state index contributed by atoms with van der Waals surface area (Å²) in [5.41, 5.74) is 6.33. The second-order valence-corrected chi connectivity index (χ2v) is 6.66. The van der Waals surface area contributed by atoms with E-state index in [9.17, 15) is 0 Å². The molecule has 0 aliphatic heterocycles. The van der Waals surface area contributed by atoms with Crippen LogP contribution in [0.1, 0.15) is 50.7 Å². The third kappa shape index (κ3) is 4.18. The van der Waals surface area contributed by atoms with E-state index >= 15 is 0 Å². The third-order valence-corrected chi connectivity index (χ3v) is 5.04. The molecule has 0 fully saturated rings. The Hall–Kier alpha value is -2.26. The molecule has 1 aliphatic rings. The zero-order valence-electron chi connectivity index (χ0n) is 14.8. The van der Waals surface area contributed by atoms with Crippen LogP contribution in [-0.2, 0) is 6.42 Å². The van der Waals surface area contributed by atoms with Gasteiger partial charge in [-0.2, -0.15) is 0 Å². The van der Waals surface area contributed by atoms with E-state index in [0.717, 1.165) is 24.3 Å². The van der Waals surface area contributed by atoms with Crippen molar-refractivity contribution in [2.45, 2.75) is 46.0 Å². The molecule has 2 aromatic carbocycles. The van der Waals surface area contributed by atoms with Gasteiger partial charge in [0.2, 0.25) is 0 Å². The first-order valence-corrected chi connectivity index (χ1v) is 9.19. The molecule has 122 valence electrons. The Kier molecular flexibility index (Phi) is 5.55. The molecule has 0 spiro atoms. The van der Waals surface area contributed by atoms with Gasteiger partial charge in [-0.3, -0.25) is 0 Å². The van der Waals surface area contributed by atoms with Gasteiger partial charge in [0.1, 0.15) is 0 Å². The van der Waals surface area contributed by atoms with Crippen LogP contribution < -0.4 is 0 Å². The summed E-state index contributed by atoms with van der Waals surface area (Å²) in [6.45, 7) is 4.47. The number of rotatable bonds is 3. The molecule has 0 bridgehead atoms. The molecule has 0 N–H and O–H groups in total. The first kappa shape index (κ1) is 16.6. The number of hydrogen-bond acceptors (Lipinski definition) is 0. The van der Waals surface area contributed by atoms with Gasteiger partial charge in [0, 0.05) is 5.56 Å². The van der Waals surface area contributed by atoms with Gasteiger partial charge in [0.05, 0.1) is 0 Å². The fourth-order valence-electron chi connectivity index (χ4n) is 3.20. The average molecular weight is 314 g/mol. The molecule has 0 saturated heterocycles. The van der Waals surface area contributed by atoms with Gasteiger partial charge in [-0.25, -0.2) is 0 Å². The Morgan fingerprint density at radius 3 is 2.08 bits per heavy atom. The van der Waals surface area contributed by atoms with Crippen molar-refractivity contribution in [1.82, 2.24) is 0 Å². The van der Waals surface area contributed by atoms with Crippen LogP contribution in [0.5, 0.6) is 0 Å². The minimum atomic E-state index is 0.869. The lowest BCUT2D eigenvalue weighted by Gasteiger charge is -2.17. The maximum Gasteiger partial charge on any atom is 0.0249 e. The van der Waals surface area contributed by atoms with Gasteiger partial charge in [-0.1, -0.05) is 74.6 Å². The highest BCUT2D eigenvalue weighted by atomic mass is 14.2. The van der Waals surface area contributed by atoms with Crippen molar-refractivity contribution < 1.29 is 0 Å². The van der Waals surface area contributed by atoms with Crippen molar-refractivity contribution in [3.63, 3.8) is 0 Å². The van der Waals surface area contributed by atoms with Crippen molar-refractivity contribution in [2.24, 2.45) is 5.92 Å². The smallest absolute Gasteiger partial charge is 0.0249 e. The van der Waals surface area contributed by atoms with Gasteiger partial charge in [0.25, 0.3) is 0 Å². The molecule has 0 heterocycles. The van der Waals surface area contributed by atoms with Crippen LogP contribution in [0, 0.1) is 17.8 Å². The zero-order chi connectivity index (χ0) is 16.8. The van der Waals surface area contributed by atoms with E-state index < -0.39 is 0 Å². The highest BCUT2D eigenvalue weighted by Crippen LogP contribution is 2.25. The van der Waals surface area contributed by atoms with Crippen LogP contribution in [0.3, 0.4) is 0 Å². The Morgan fingerprint density at radius 2 is 1.54 bits per heavy atom. The zero-order valence-corrected chi connectivity index (χ0v) is 14.8. The summed E-state index contributed by atoms with van der Waals surface area (Å²) in [6.07, 6.45) is 8.36. The predicted octanol–water partition coefficient (Wildman–Crippen LogP) is 6.40. The summed E-state index contributed by atoms with van der Waals surface area (Å²) in [5.74, 6) is 7.56. The van der Waals surface area contributed by atoms with E-state index in [1.54, 1.807) is 0 Å². The van der Waals surface area contributed by atoms with Crippen molar-refractivity contribution in [2.75, 3.05) is 0 Å². The standard InChI is InChI=1S/C24H26/c1-3-19-5-7-21(8-6-19)9-10-22-13-17-24(18-14-22)23-15-11-20(4-2)12-16-23/h7,11-19H,3-6,8H2,1-2H3. The largest absolute Gasteiger partial charge is 0.0726 e. The van der Waals surface area contributed by atoms with Crippen molar-refractivity contribution in [3.05, 3.63) is 71.3 Å². The van der Waals surface area contributed by atoms with Crippen LogP contribution in [0.25, 0.3) is 11.1 Å². The summed E-state index contributed by atoms with van der Waals surface area (Å²) in [4.78, 5) is 0. The fourth-order valence-corrected chi connectivity index (χ4v) is 3.20. The Bertz CT molecular complexity index is 748. The lowest BCUT2D eigenvalue weighted by molar-refractivity contribution is 0.460. The number of aryl methyl sites for hydroxylation is 1. The third-order valence-electron chi connectivity index (χ3n) is 5.04. The van der Waals surface area contributed by atoms with Gasteiger partial charge in [0.15, 0.2) is 0 Å². The van der Waals surface area contributed by atoms with Crippen molar-refractivity contribution in [3.8, 4) is 23.0 Å². The minimum Gasteiger partial charge on any atom is -0.0726 e. The van der Waals surface area contributed by atoms with Crippen LogP contribution >= 0.6 is 0 Å². The van der Waals surface area contributed by atoms with Gasteiger partial charge < -0.3 is 0 Å². The second-order valence-electron chi connectivity index (χ2n) is 6.66. The number of allylic oxidation sites excluding steroid dienone is 2. The Balaban J connectivity index is 1.69. The summed E-state index contributed by atoms with van der Waals surface area (Å²) in [6, 6.07) is 17.4. The number of hydrogen-bond donors (Lipinski definition) is 0. The van der Waals surface area contributed by atoms with Gasteiger partial charge in [-0.05, 0) is 66.0 Å². The van der Waals surface area contributed by atoms with E-state index in [2.05, 4.69) is 80.3 Å². The molecular formula is C24H26. The fraction of sp³-hybridized carbons (Fsp3) is 0.333. The van der Waals surface area contributed by atoms with Crippen LogP contribution in [0.15, 0.2) is 60.2 Å². The molecule has 1 atom stereocenters. The molecule has 3 rings (SSSR count). The first-order valence-electron chi connectivity index (χ1n) is 9.19. The highest BCUT2D eigenvalue weighted by Gasteiger charge is 2.10. The average Bonchev–Trinajstić information content (AvgIpc) is 2.67. The van der Waals surface area contributed by atoms with E-state index in [4.69, 9.17) is 0 Å². The second kappa shape index (κ2) is 8.02. The lowest BCUT2D eigenvalue weighted by Crippen LogP contribution is -2.03. The molecule has 0 saturated carbocycles. The molecule has 0 radical (unpaired) electrons. The molecule has 0 amide bonds. The van der Waals surface area contributed by atoms with E-state index in [1.807, 2.05) is 0 Å². The molecule has 0 aromatic heterocycles. The predicted molar refractivity (Wildman–Crippen MR) is 104 cm³/mol. The molecular weight excluding hydrogens is 288 g/mol. The maximum atomic E-state index is 3.37. The monoisotopic (exact) mass is 314 g/mol. The summed E-state index contributed by atoms with van der Waals surface area (Å²) < 4.78 is 0. The van der Waals surface area contributed by atoms with Crippen molar-refractivity contribution >= 4 is 0 Å². The number of benzene rings is 2. The molecule has 0 nitrogen and oxygen atoms in total. The van der Waals surface area contributed by atoms with E-state index in [-0.39, 0.29) is 0 Å². The van der Waals surface area contributed by atoms with E-state index in [1.165, 1.54) is 41.5 Å². The Morgan fingerprint density at radius 1 is 0.875 bits per heavy atom.